The zero-order chi connectivity index (χ0) is 18.1. The van der Waals surface area contributed by atoms with Gasteiger partial charge in [-0.2, -0.15) is 0 Å². The van der Waals surface area contributed by atoms with Crippen molar-refractivity contribution in [1.29, 1.82) is 0 Å². The summed E-state index contributed by atoms with van der Waals surface area (Å²) in [5.74, 6) is -0.0200. The lowest BCUT2D eigenvalue weighted by molar-refractivity contribution is 0.000862. The first kappa shape index (κ1) is 19.1. The van der Waals surface area contributed by atoms with Gasteiger partial charge in [0.15, 0.2) is 0 Å². The molecule has 24 heavy (non-hydrogen) atoms. The van der Waals surface area contributed by atoms with Crippen LogP contribution in [-0.4, -0.2) is 41.1 Å². The van der Waals surface area contributed by atoms with Gasteiger partial charge in [-0.05, 0) is 65.0 Å². The van der Waals surface area contributed by atoms with Gasteiger partial charge in [-0.15, -0.1) is 11.8 Å². The number of thioether (sulfide) groups is 1. The SMILES string of the molecule is CSc1ccc([C@H]2CC(C)(C)N(C(=O)OC(C)(C)C)[C@@H]2CF)cc1. The molecule has 0 bridgehead atoms. The maximum absolute atomic E-state index is 13.9. The molecular weight excluding hydrogens is 325 g/mol. The predicted molar refractivity (Wildman–Crippen MR) is 97.5 cm³/mol. The Hall–Kier alpha value is -1.23. The molecule has 3 nitrogen and oxygen atoms in total. The number of benzene rings is 1. The summed E-state index contributed by atoms with van der Waals surface area (Å²) in [5, 5.41) is 0. The van der Waals surface area contributed by atoms with Crippen LogP contribution in [0.5, 0.6) is 0 Å². The van der Waals surface area contributed by atoms with Gasteiger partial charge in [-0.3, -0.25) is 4.90 Å². The van der Waals surface area contributed by atoms with Gasteiger partial charge in [0.1, 0.15) is 12.3 Å². The first-order chi connectivity index (χ1) is 11.1. The summed E-state index contributed by atoms with van der Waals surface area (Å²) in [6.07, 6.45) is 2.32. The van der Waals surface area contributed by atoms with Crippen molar-refractivity contribution in [2.24, 2.45) is 0 Å². The molecule has 1 heterocycles. The number of alkyl halides is 1. The number of rotatable bonds is 3. The Morgan fingerprint density at radius 1 is 1.33 bits per heavy atom. The third kappa shape index (κ3) is 4.05. The highest BCUT2D eigenvalue weighted by Gasteiger charge is 2.50. The Balaban J connectivity index is 2.30. The van der Waals surface area contributed by atoms with E-state index in [9.17, 15) is 9.18 Å². The van der Waals surface area contributed by atoms with Crippen molar-refractivity contribution in [3.05, 3.63) is 29.8 Å². The molecule has 1 aliphatic heterocycles. The summed E-state index contributed by atoms with van der Waals surface area (Å²) >= 11 is 1.68. The van der Waals surface area contributed by atoms with Crippen LogP contribution < -0.4 is 0 Å². The lowest BCUT2D eigenvalue weighted by atomic mass is 9.88. The number of hydrogen-bond donors (Lipinski definition) is 0. The van der Waals surface area contributed by atoms with E-state index in [4.69, 9.17) is 4.74 Å². The highest BCUT2D eigenvalue weighted by Crippen LogP contribution is 2.44. The van der Waals surface area contributed by atoms with E-state index in [1.54, 1.807) is 16.7 Å². The predicted octanol–water partition coefficient (Wildman–Crippen LogP) is 5.25. The molecule has 2 atom stereocenters. The number of likely N-dealkylation sites (tertiary alicyclic amines) is 1. The Morgan fingerprint density at radius 3 is 2.38 bits per heavy atom. The molecule has 0 unspecified atom stereocenters. The van der Waals surface area contributed by atoms with Crippen molar-refractivity contribution >= 4 is 17.9 Å². The summed E-state index contributed by atoms with van der Waals surface area (Å²) < 4.78 is 19.4. The maximum atomic E-state index is 13.9. The van der Waals surface area contributed by atoms with E-state index in [1.165, 1.54) is 4.90 Å². The summed E-state index contributed by atoms with van der Waals surface area (Å²) in [6, 6.07) is 7.72. The number of carbonyl (C=O) groups excluding carboxylic acids is 1. The molecule has 1 aromatic carbocycles. The van der Waals surface area contributed by atoms with Crippen LogP contribution in [0, 0.1) is 0 Å². The Morgan fingerprint density at radius 2 is 1.92 bits per heavy atom. The van der Waals surface area contributed by atoms with Crippen molar-refractivity contribution in [2.75, 3.05) is 12.9 Å². The van der Waals surface area contributed by atoms with E-state index < -0.39 is 29.9 Å². The second-order valence-electron chi connectivity index (χ2n) is 7.97. The molecule has 1 aromatic rings. The molecule has 0 spiro atoms. The van der Waals surface area contributed by atoms with E-state index in [-0.39, 0.29) is 5.92 Å². The Bertz CT molecular complexity index is 580. The highest BCUT2D eigenvalue weighted by molar-refractivity contribution is 7.98. The normalized spacial score (nSPS) is 23.4. The molecule has 0 radical (unpaired) electrons. The monoisotopic (exact) mass is 353 g/mol. The lowest BCUT2D eigenvalue weighted by Crippen LogP contribution is -2.50. The summed E-state index contributed by atoms with van der Waals surface area (Å²) in [7, 11) is 0. The number of halogens is 1. The van der Waals surface area contributed by atoms with Crippen molar-refractivity contribution in [1.82, 2.24) is 4.90 Å². The van der Waals surface area contributed by atoms with Crippen molar-refractivity contribution in [2.45, 2.75) is 69.0 Å². The third-order valence-corrected chi connectivity index (χ3v) is 5.20. The zero-order valence-electron chi connectivity index (χ0n) is 15.4. The quantitative estimate of drug-likeness (QED) is 0.695. The van der Waals surface area contributed by atoms with Crippen LogP contribution >= 0.6 is 11.8 Å². The van der Waals surface area contributed by atoms with E-state index in [2.05, 4.69) is 12.1 Å². The molecule has 0 saturated carbocycles. The minimum atomic E-state index is -0.591. The third-order valence-electron chi connectivity index (χ3n) is 4.46. The van der Waals surface area contributed by atoms with Crippen LogP contribution in [0.2, 0.25) is 0 Å². The van der Waals surface area contributed by atoms with Gasteiger partial charge in [0.05, 0.1) is 6.04 Å². The van der Waals surface area contributed by atoms with Gasteiger partial charge < -0.3 is 4.74 Å². The van der Waals surface area contributed by atoms with E-state index in [0.29, 0.717) is 0 Å². The summed E-state index contributed by atoms with van der Waals surface area (Å²) in [4.78, 5) is 15.4. The summed E-state index contributed by atoms with van der Waals surface area (Å²) in [5.41, 5.74) is 0.0446. The van der Waals surface area contributed by atoms with Gasteiger partial charge in [-0.1, -0.05) is 12.1 Å². The maximum Gasteiger partial charge on any atom is 0.411 e. The molecule has 134 valence electrons. The van der Waals surface area contributed by atoms with E-state index >= 15 is 0 Å². The standard InChI is InChI=1S/C19H28FNO2S/c1-18(2,3)23-17(22)21-16(12-20)15(11-19(21,4)5)13-7-9-14(24-6)10-8-13/h7-10,15-16H,11-12H2,1-6H3/t15-,16-/m1/s1. The van der Waals surface area contributed by atoms with E-state index in [1.807, 2.05) is 53.0 Å². The smallest absolute Gasteiger partial charge is 0.411 e. The second-order valence-corrected chi connectivity index (χ2v) is 8.85. The Labute approximate surface area is 148 Å². The van der Waals surface area contributed by atoms with Crippen LogP contribution in [0.25, 0.3) is 0 Å². The van der Waals surface area contributed by atoms with Crippen LogP contribution in [-0.2, 0) is 4.74 Å². The van der Waals surface area contributed by atoms with Crippen LogP contribution in [0.1, 0.15) is 52.5 Å². The minimum Gasteiger partial charge on any atom is -0.444 e. The number of nitrogens with zero attached hydrogens (tertiary/aromatic N) is 1. The van der Waals surface area contributed by atoms with Crippen molar-refractivity contribution < 1.29 is 13.9 Å². The number of hydrogen-bond acceptors (Lipinski definition) is 3. The minimum absolute atomic E-state index is 0.0200. The highest BCUT2D eigenvalue weighted by atomic mass is 32.2. The van der Waals surface area contributed by atoms with Crippen LogP contribution in [0.3, 0.4) is 0 Å². The number of amides is 1. The van der Waals surface area contributed by atoms with E-state index in [0.717, 1.165) is 12.0 Å². The van der Waals surface area contributed by atoms with Crippen LogP contribution in [0.4, 0.5) is 9.18 Å². The van der Waals surface area contributed by atoms with Crippen molar-refractivity contribution in [3.8, 4) is 0 Å². The lowest BCUT2D eigenvalue weighted by Gasteiger charge is -2.36. The average Bonchev–Trinajstić information content (AvgIpc) is 2.76. The fourth-order valence-electron chi connectivity index (χ4n) is 3.46. The Kier molecular flexibility index (Phi) is 5.53. The van der Waals surface area contributed by atoms with Gasteiger partial charge >= 0.3 is 6.09 Å². The van der Waals surface area contributed by atoms with Crippen molar-refractivity contribution in [3.63, 3.8) is 0 Å². The van der Waals surface area contributed by atoms with Gasteiger partial charge in [0.2, 0.25) is 0 Å². The molecule has 2 rings (SSSR count). The molecule has 0 aromatic heterocycles. The number of ether oxygens (including phenoxy) is 1. The first-order valence-electron chi connectivity index (χ1n) is 8.31. The topological polar surface area (TPSA) is 29.5 Å². The molecule has 1 saturated heterocycles. The average molecular weight is 354 g/mol. The van der Waals surface area contributed by atoms with Gasteiger partial charge in [0.25, 0.3) is 0 Å². The fraction of sp³-hybridized carbons (Fsp3) is 0.632. The summed E-state index contributed by atoms with van der Waals surface area (Å²) in [6.45, 7) is 8.88. The zero-order valence-corrected chi connectivity index (χ0v) is 16.2. The fourth-order valence-corrected chi connectivity index (χ4v) is 3.87. The molecule has 5 heteroatoms. The van der Waals surface area contributed by atoms with Crippen LogP contribution in [0.15, 0.2) is 29.2 Å². The van der Waals surface area contributed by atoms with Gasteiger partial charge in [-0.25, -0.2) is 9.18 Å². The molecule has 0 aliphatic carbocycles. The second kappa shape index (κ2) is 6.95. The molecule has 1 fully saturated rings. The largest absolute Gasteiger partial charge is 0.444 e. The molecule has 0 N–H and O–H groups in total. The number of carbonyl (C=O) groups is 1. The van der Waals surface area contributed by atoms with Gasteiger partial charge in [0, 0.05) is 16.4 Å². The first-order valence-corrected chi connectivity index (χ1v) is 9.54. The molecule has 1 aliphatic rings. The molecular formula is C19H28FNO2S. The molecule has 1 amide bonds.